The van der Waals surface area contributed by atoms with Crippen LogP contribution in [-0.2, 0) is 27.1 Å². The summed E-state index contributed by atoms with van der Waals surface area (Å²) in [7, 11) is 1.41. The normalized spacial score (nSPS) is 15.0. The molecule has 0 bridgehead atoms. The number of thiophene rings is 1. The number of halogens is 1. The van der Waals surface area contributed by atoms with Gasteiger partial charge in [-0.15, -0.1) is 11.3 Å². The highest BCUT2D eigenvalue weighted by molar-refractivity contribution is 9.10. The van der Waals surface area contributed by atoms with Crippen LogP contribution >= 0.6 is 27.3 Å². The standard InChI is InChI=1S/C25H28BrNO3S/c1-14-19(22(24(28)29-5)30-25(2,3)4)20(15-10-12-16(26)13-11-15)21-17-8-6-7-9-18(17)31-23(21)27-14/h10-13,22H,6-9H2,1-5H3/t22-/m0/s1. The molecule has 4 nitrogen and oxygen atoms in total. The second-order valence-corrected chi connectivity index (χ2v) is 11.0. The van der Waals surface area contributed by atoms with E-state index in [1.54, 1.807) is 11.3 Å². The molecule has 1 aromatic carbocycles. The van der Waals surface area contributed by atoms with Gasteiger partial charge in [-0.3, -0.25) is 0 Å². The van der Waals surface area contributed by atoms with Crippen LogP contribution in [-0.4, -0.2) is 23.7 Å². The van der Waals surface area contributed by atoms with Crippen LogP contribution in [0.5, 0.6) is 0 Å². The zero-order valence-corrected chi connectivity index (χ0v) is 21.1. The molecule has 1 atom stereocenters. The number of pyridine rings is 1. The first-order chi connectivity index (χ1) is 14.7. The van der Waals surface area contributed by atoms with Gasteiger partial charge in [-0.2, -0.15) is 0 Å². The van der Waals surface area contributed by atoms with Gasteiger partial charge in [0, 0.05) is 31.6 Å². The van der Waals surface area contributed by atoms with Gasteiger partial charge in [-0.05, 0) is 76.6 Å². The van der Waals surface area contributed by atoms with Gasteiger partial charge >= 0.3 is 5.97 Å². The van der Waals surface area contributed by atoms with E-state index in [4.69, 9.17) is 14.5 Å². The Labute approximate surface area is 196 Å². The summed E-state index contributed by atoms with van der Waals surface area (Å²) < 4.78 is 12.5. The molecule has 31 heavy (non-hydrogen) atoms. The molecule has 164 valence electrons. The predicted octanol–water partition coefficient (Wildman–Crippen LogP) is 6.94. The lowest BCUT2D eigenvalue weighted by molar-refractivity contribution is -0.164. The highest BCUT2D eigenvalue weighted by Gasteiger charge is 2.34. The number of methoxy groups -OCH3 is 1. The number of ether oxygens (including phenoxy) is 2. The minimum atomic E-state index is -0.848. The summed E-state index contributed by atoms with van der Waals surface area (Å²) in [4.78, 5) is 20.4. The molecule has 0 fully saturated rings. The third-order valence-electron chi connectivity index (χ3n) is 5.61. The number of esters is 1. The molecule has 2 aromatic heterocycles. The number of rotatable bonds is 4. The third kappa shape index (κ3) is 4.43. The second-order valence-electron chi connectivity index (χ2n) is 9.02. The van der Waals surface area contributed by atoms with E-state index >= 15 is 0 Å². The molecule has 0 aliphatic heterocycles. The summed E-state index contributed by atoms with van der Waals surface area (Å²) in [5, 5.41) is 1.18. The van der Waals surface area contributed by atoms with Crippen LogP contribution in [0.25, 0.3) is 21.3 Å². The van der Waals surface area contributed by atoms with Gasteiger partial charge in [0.25, 0.3) is 0 Å². The highest BCUT2D eigenvalue weighted by Crippen LogP contribution is 2.46. The number of fused-ring (bicyclic) bond motifs is 3. The summed E-state index contributed by atoms with van der Waals surface area (Å²) in [6, 6.07) is 8.27. The molecule has 4 rings (SSSR count). The maximum absolute atomic E-state index is 13.0. The van der Waals surface area contributed by atoms with E-state index in [1.165, 1.54) is 35.8 Å². The van der Waals surface area contributed by atoms with Crippen molar-refractivity contribution in [3.63, 3.8) is 0 Å². The van der Waals surface area contributed by atoms with Gasteiger partial charge in [0.2, 0.25) is 0 Å². The lowest BCUT2D eigenvalue weighted by Gasteiger charge is -2.29. The number of hydrogen-bond acceptors (Lipinski definition) is 5. The maximum atomic E-state index is 13.0. The van der Waals surface area contributed by atoms with Crippen LogP contribution in [0.1, 0.15) is 61.4 Å². The van der Waals surface area contributed by atoms with E-state index in [9.17, 15) is 4.79 Å². The Morgan fingerprint density at radius 2 is 1.84 bits per heavy atom. The quantitative estimate of drug-likeness (QED) is 0.363. The van der Waals surface area contributed by atoms with Crippen molar-refractivity contribution in [2.24, 2.45) is 0 Å². The Morgan fingerprint density at radius 1 is 1.16 bits per heavy atom. The number of carbonyl (C=O) groups is 1. The Morgan fingerprint density at radius 3 is 2.48 bits per heavy atom. The first-order valence-electron chi connectivity index (χ1n) is 10.7. The molecule has 1 aliphatic rings. The van der Waals surface area contributed by atoms with Gasteiger partial charge in [0.05, 0.1) is 12.7 Å². The number of nitrogens with zero attached hydrogens (tertiary/aromatic N) is 1. The molecule has 0 radical (unpaired) electrons. The zero-order valence-electron chi connectivity index (χ0n) is 18.7. The van der Waals surface area contributed by atoms with Crippen molar-refractivity contribution in [1.29, 1.82) is 0 Å². The monoisotopic (exact) mass is 501 g/mol. The second kappa shape index (κ2) is 8.64. The first kappa shape index (κ1) is 22.4. The molecule has 1 aliphatic carbocycles. The van der Waals surface area contributed by atoms with Crippen LogP contribution < -0.4 is 0 Å². The van der Waals surface area contributed by atoms with Crippen LogP contribution in [0.4, 0.5) is 0 Å². The van der Waals surface area contributed by atoms with Crippen molar-refractivity contribution in [1.82, 2.24) is 4.98 Å². The summed E-state index contributed by atoms with van der Waals surface area (Å²) in [6.45, 7) is 7.83. The number of benzene rings is 1. The Bertz CT molecular complexity index is 1130. The van der Waals surface area contributed by atoms with Crippen LogP contribution in [0.15, 0.2) is 28.7 Å². The Balaban J connectivity index is 2.08. The van der Waals surface area contributed by atoms with Gasteiger partial charge in [0.15, 0.2) is 6.10 Å². The topological polar surface area (TPSA) is 48.4 Å². The fourth-order valence-electron chi connectivity index (χ4n) is 4.34. The first-order valence-corrected chi connectivity index (χ1v) is 12.3. The molecule has 0 spiro atoms. The van der Waals surface area contributed by atoms with Crippen LogP contribution in [0.3, 0.4) is 0 Å². The summed E-state index contributed by atoms with van der Waals surface area (Å²) in [5.41, 5.74) is 4.59. The van der Waals surface area contributed by atoms with E-state index in [2.05, 4.69) is 28.1 Å². The molecular weight excluding hydrogens is 474 g/mol. The minimum absolute atomic E-state index is 0.401. The van der Waals surface area contributed by atoms with Crippen molar-refractivity contribution in [2.45, 2.75) is 65.1 Å². The third-order valence-corrected chi connectivity index (χ3v) is 7.33. The average Bonchev–Trinajstić information content (AvgIpc) is 3.08. The molecule has 3 aromatic rings. The summed E-state index contributed by atoms with van der Waals surface area (Å²) in [5.74, 6) is -0.401. The van der Waals surface area contributed by atoms with E-state index in [0.29, 0.717) is 0 Å². The van der Waals surface area contributed by atoms with Crippen molar-refractivity contribution in [3.05, 3.63) is 50.4 Å². The van der Waals surface area contributed by atoms with Crippen molar-refractivity contribution >= 4 is 43.5 Å². The van der Waals surface area contributed by atoms with Gasteiger partial charge in [0.1, 0.15) is 4.83 Å². The molecule has 0 saturated heterocycles. The highest BCUT2D eigenvalue weighted by atomic mass is 79.9. The summed E-state index contributed by atoms with van der Waals surface area (Å²) in [6.07, 6.45) is 3.70. The van der Waals surface area contributed by atoms with E-state index < -0.39 is 17.7 Å². The van der Waals surface area contributed by atoms with Crippen LogP contribution in [0, 0.1) is 6.92 Å². The molecule has 6 heteroatoms. The average molecular weight is 502 g/mol. The fourth-order valence-corrected chi connectivity index (χ4v) is 5.92. The van der Waals surface area contributed by atoms with Gasteiger partial charge < -0.3 is 9.47 Å². The molecule has 2 heterocycles. The Hall–Kier alpha value is -1.76. The lowest BCUT2D eigenvalue weighted by Crippen LogP contribution is -2.29. The maximum Gasteiger partial charge on any atom is 0.339 e. The van der Waals surface area contributed by atoms with Crippen molar-refractivity contribution in [3.8, 4) is 11.1 Å². The molecule has 0 saturated carbocycles. The smallest absolute Gasteiger partial charge is 0.339 e. The zero-order chi connectivity index (χ0) is 22.3. The van der Waals surface area contributed by atoms with Gasteiger partial charge in [-0.1, -0.05) is 28.1 Å². The summed E-state index contributed by atoms with van der Waals surface area (Å²) >= 11 is 5.34. The van der Waals surface area contributed by atoms with E-state index in [1.807, 2.05) is 39.8 Å². The SMILES string of the molecule is COC(=O)[C@@H](OC(C)(C)C)c1c(C)nc2sc3c(c2c1-c1ccc(Br)cc1)CCCC3. The van der Waals surface area contributed by atoms with Crippen molar-refractivity contribution in [2.75, 3.05) is 7.11 Å². The number of aromatic nitrogens is 1. The molecule has 0 unspecified atom stereocenters. The Kier molecular flexibility index (Phi) is 6.25. The van der Waals surface area contributed by atoms with Gasteiger partial charge in [-0.25, -0.2) is 9.78 Å². The molecule has 0 N–H and O–H groups in total. The van der Waals surface area contributed by atoms with Crippen molar-refractivity contribution < 1.29 is 14.3 Å². The number of hydrogen-bond donors (Lipinski definition) is 0. The van der Waals surface area contributed by atoms with Crippen LogP contribution in [0.2, 0.25) is 0 Å². The molecular formula is C25H28BrNO3S. The molecule has 0 amide bonds. The van der Waals surface area contributed by atoms with E-state index in [-0.39, 0.29) is 0 Å². The largest absolute Gasteiger partial charge is 0.467 e. The number of carbonyl (C=O) groups excluding carboxylic acids is 1. The minimum Gasteiger partial charge on any atom is -0.467 e. The van der Waals surface area contributed by atoms with E-state index in [0.717, 1.165) is 44.5 Å². The fraction of sp³-hybridized carbons (Fsp3) is 0.440. The lowest BCUT2D eigenvalue weighted by atomic mass is 9.88. The number of aryl methyl sites for hydroxylation is 3. The predicted molar refractivity (Wildman–Crippen MR) is 130 cm³/mol.